The first kappa shape index (κ1) is 15.3. The number of hydrogen-bond donors (Lipinski definition) is 1. The van der Waals surface area contributed by atoms with E-state index in [0.29, 0.717) is 22.9 Å². The Kier molecular flexibility index (Phi) is 5.03. The van der Waals surface area contributed by atoms with Gasteiger partial charge in [0.25, 0.3) is 0 Å². The molecule has 0 fully saturated rings. The van der Waals surface area contributed by atoms with Crippen LogP contribution in [0.4, 0.5) is 4.39 Å². The number of aryl methyl sites for hydroxylation is 1. The van der Waals surface area contributed by atoms with Gasteiger partial charge in [0, 0.05) is 0 Å². The Morgan fingerprint density at radius 2 is 1.80 bits per heavy atom. The fourth-order valence-electron chi connectivity index (χ4n) is 2.12. The van der Waals surface area contributed by atoms with Gasteiger partial charge in [-0.2, -0.15) is 0 Å². The van der Waals surface area contributed by atoms with E-state index < -0.39 is 6.10 Å². The molecule has 0 saturated heterocycles. The normalized spacial score (nSPS) is 12.4. The summed E-state index contributed by atoms with van der Waals surface area (Å²) in [7, 11) is 0. The molecule has 20 heavy (non-hydrogen) atoms. The molecule has 0 radical (unpaired) electrons. The highest BCUT2D eigenvalue weighted by atomic mass is 35.5. The average Bonchev–Trinajstić information content (AvgIpc) is 2.38. The standard InChI is InChI=1S/C16H15Cl2FO/c1-10-2-4-13(19)8-12(10)9-14(20)6-11-3-5-15(17)16(18)7-11/h2-5,7-8,14,20H,6,9H2,1H3. The van der Waals surface area contributed by atoms with Crippen LogP contribution in [-0.2, 0) is 12.8 Å². The molecule has 2 aromatic carbocycles. The zero-order valence-electron chi connectivity index (χ0n) is 11.0. The van der Waals surface area contributed by atoms with Crippen LogP contribution in [0.5, 0.6) is 0 Å². The molecule has 2 rings (SSSR count). The molecule has 4 heteroatoms. The lowest BCUT2D eigenvalue weighted by Gasteiger charge is -2.13. The van der Waals surface area contributed by atoms with Gasteiger partial charge in [-0.3, -0.25) is 0 Å². The summed E-state index contributed by atoms with van der Waals surface area (Å²) in [4.78, 5) is 0. The number of halogens is 3. The van der Waals surface area contributed by atoms with Gasteiger partial charge >= 0.3 is 0 Å². The third kappa shape index (κ3) is 3.95. The molecule has 1 N–H and O–H groups in total. The molecule has 1 nitrogen and oxygen atoms in total. The van der Waals surface area contributed by atoms with Crippen LogP contribution >= 0.6 is 23.2 Å². The van der Waals surface area contributed by atoms with Crippen molar-refractivity contribution in [2.24, 2.45) is 0 Å². The van der Waals surface area contributed by atoms with Gasteiger partial charge < -0.3 is 5.11 Å². The summed E-state index contributed by atoms with van der Waals surface area (Å²) in [6, 6.07) is 9.88. The highest BCUT2D eigenvalue weighted by Crippen LogP contribution is 2.23. The van der Waals surface area contributed by atoms with Crippen LogP contribution < -0.4 is 0 Å². The minimum absolute atomic E-state index is 0.285. The zero-order chi connectivity index (χ0) is 14.7. The van der Waals surface area contributed by atoms with E-state index in [9.17, 15) is 9.50 Å². The van der Waals surface area contributed by atoms with Gasteiger partial charge in [-0.15, -0.1) is 0 Å². The molecular formula is C16H15Cl2FO. The Bertz CT molecular complexity index is 613. The Balaban J connectivity index is 2.06. The van der Waals surface area contributed by atoms with Crippen LogP contribution in [0.3, 0.4) is 0 Å². The minimum atomic E-state index is -0.590. The van der Waals surface area contributed by atoms with E-state index in [2.05, 4.69) is 0 Å². The molecule has 0 bridgehead atoms. The zero-order valence-corrected chi connectivity index (χ0v) is 12.5. The lowest BCUT2D eigenvalue weighted by molar-refractivity contribution is 0.175. The molecule has 0 aliphatic carbocycles. The quantitative estimate of drug-likeness (QED) is 0.875. The van der Waals surface area contributed by atoms with Gasteiger partial charge in [0.05, 0.1) is 16.1 Å². The van der Waals surface area contributed by atoms with E-state index in [-0.39, 0.29) is 5.82 Å². The summed E-state index contributed by atoms with van der Waals surface area (Å²) >= 11 is 11.8. The van der Waals surface area contributed by atoms with Crippen LogP contribution in [0.15, 0.2) is 36.4 Å². The topological polar surface area (TPSA) is 20.2 Å². The molecule has 0 aliphatic rings. The SMILES string of the molecule is Cc1ccc(F)cc1CC(O)Cc1ccc(Cl)c(Cl)c1. The monoisotopic (exact) mass is 312 g/mol. The first-order valence-corrected chi connectivity index (χ1v) is 7.08. The summed E-state index contributed by atoms with van der Waals surface area (Å²) in [5.74, 6) is -0.285. The van der Waals surface area contributed by atoms with Gasteiger partial charge in [-0.25, -0.2) is 4.39 Å². The largest absolute Gasteiger partial charge is 0.392 e. The first-order chi connectivity index (χ1) is 9.45. The van der Waals surface area contributed by atoms with Crippen molar-refractivity contribution in [3.8, 4) is 0 Å². The Morgan fingerprint density at radius 1 is 1.05 bits per heavy atom. The maximum atomic E-state index is 13.2. The molecule has 0 spiro atoms. The molecule has 0 aromatic heterocycles. The predicted molar refractivity (Wildman–Crippen MR) is 81.0 cm³/mol. The third-order valence-electron chi connectivity index (χ3n) is 3.22. The van der Waals surface area contributed by atoms with Crippen LogP contribution in [0.1, 0.15) is 16.7 Å². The van der Waals surface area contributed by atoms with Crippen LogP contribution in [0.25, 0.3) is 0 Å². The third-order valence-corrected chi connectivity index (χ3v) is 3.96. The molecule has 2 aromatic rings. The van der Waals surface area contributed by atoms with E-state index in [1.807, 2.05) is 13.0 Å². The molecule has 106 valence electrons. The molecule has 0 aliphatic heterocycles. The molecular weight excluding hydrogens is 298 g/mol. The van der Waals surface area contributed by atoms with Gasteiger partial charge in [0.1, 0.15) is 5.82 Å². The lowest BCUT2D eigenvalue weighted by Crippen LogP contribution is -2.14. The highest BCUT2D eigenvalue weighted by Gasteiger charge is 2.10. The van der Waals surface area contributed by atoms with Crippen LogP contribution in [0.2, 0.25) is 10.0 Å². The average molecular weight is 313 g/mol. The Labute approximate surface area is 128 Å². The second-order valence-electron chi connectivity index (χ2n) is 4.88. The number of aliphatic hydroxyl groups excluding tert-OH is 1. The molecule has 1 unspecified atom stereocenters. The maximum absolute atomic E-state index is 13.2. The lowest BCUT2D eigenvalue weighted by atomic mass is 9.98. The van der Waals surface area contributed by atoms with Crippen LogP contribution in [0, 0.1) is 12.7 Å². The van der Waals surface area contributed by atoms with Gasteiger partial charge in [-0.1, -0.05) is 35.3 Å². The van der Waals surface area contributed by atoms with Crippen LogP contribution in [-0.4, -0.2) is 11.2 Å². The van der Waals surface area contributed by atoms with E-state index in [1.165, 1.54) is 12.1 Å². The summed E-state index contributed by atoms with van der Waals surface area (Å²) in [6.45, 7) is 1.90. The van der Waals surface area contributed by atoms with E-state index in [4.69, 9.17) is 23.2 Å². The van der Waals surface area contributed by atoms with Crippen molar-refractivity contribution >= 4 is 23.2 Å². The van der Waals surface area contributed by atoms with Crippen molar-refractivity contribution in [3.05, 3.63) is 69.0 Å². The number of rotatable bonds is 4. The van der Waals surface area contributed by atoms with Crippen molar-refractivity contribution in [1.29, 1.82) is 0 Å². The smallest absolute Gasteiger partial charge is 0.123 e. The summed E-state index contributed by atoms with van der Waals surface area (Å²) < 4.78 is 13.2. The van der Waals surface area contributed by atoms with Crippen molar-refractivity contribution < 1.29 is 9.50 Å². The summed E-state index contributed by atoms with van der Waals surface area (Å²) in [5.41, 5.74) is 2.69. The summed E-state index contributed by atoms with van der Waals surface area (Å²) in [5, 5.41) is 11.1. The van der Waals surface area contributed by atoms with Gasteiger partial charge in [0.2, 0.25) is 0 Å². The molecule has 0 saturated carbocycles. The van der Waals surface area contributed by atoms with Crippen molar-refractivity contribution in [3.63, 3.8) is 0 Å². The van der Waals surface area contributed by atoms with Gasteiger partial charge in [0.15, 0.2) is 0 Å². The predicted octanol–water partition coefficient (Wildman–Crippen LogP) is 4.59. The molecule has 0 heterocycles. The number of hydrogen-bond acceptors (Lipinski definition) is 1. The molecule has 0 amide bonds. The number of benzene rings is 2. The Hall–Kier alpha value is -1.09. The second-order valence-corrected chi connectivity index (χ2v) is 5.70. The van der Waals surface area contributed by atoms with E-state index in [1.54, 1.807) is 18.2 Å². The fraction of sp³-hybridized carbons (Fsp3) is 0.250. The van der Waals surface area contributed by atoms with Crippen molar-refractivity contribution in [2.45, 2.75) is 25.9 Å². The highest BCUT2D eigenvalue weighted by molar-refractivity contribution is 6.42. The van der Waals surface area contributed by atoms with Crippen molar-refractivity contribution in [2.75, 3.05) is 0 Å². The molecule has 1 atom stereocenters. The number of aliphatic hydroxyl groups is 1. The minimum Gasteiger partial charge on any atom is -0.392 e. The van der Waals surface area contributed by atoms with Crippen molar-refractivity contribution in [1.82, 2.24) is 0 Å². The maximum Gasteiger partial charge on any atom is 0.123 e. The second kappa shape index (κ2) is 6.57. The first-order valence-electron chi connectivity index (χ1n) is 6.32. The van der Waals surface area contributed by atoms with E-state index in [0.717, 1.165) is 16.7 Å². The fourth-order valence-corrected chi connectivity index (χ4v) is 2.45. The van der Waals surface area contributed by atoms with E-state index >= 15 is 0 Å². The Morgan fingerprint density at radius 3 is 2.50 bits per heavy atom. The van der Waals surface area contributed by atoms with Gasteiger partial charge in [-0.05, 0) is 60.7 Å². The summed E-state index contributed by atoms with van der Waals surface area (Å²) in [6.07, 6.45) is 0.268.